The van der Waals surface area contributed by atoms with Crippen LogP contribution in [0, 0.1) is 0 Å². The Labute approximate surface area is 79.0 Å². The Balaban J connectivity index is 2.38. The van der Waals surface area contributed by atoms with Crippen molar-refractivity contribution in [2.45, 2.75) is 38.8 Å². The minimum atomic E-state index is -0.219. The maximum atomic E-state index is 11.5. The summed E-state index contributed by atoms with van der Waals surface area (Å²) in [5.74, 6) is 0. The van der Waals surface area contributed by atoms with E-state index in [-0.39, 0.29) is 12.2 Å². The van der Waals surface area contributed by atoms with Crippen LogP contribution in [-0.2, 0) is 4.74 Å². The highest BCUT2D eigenvalue weighted by molar-refractivity contribution is 5.68. The summed E-state index contributed by atoms with van der Waals surface area (Å²) >= 11 is 0. The Bertz CT molecular complexity index is 178. The second kappa shape index (κ2) is 4.46. The molecule has 4 nitrogen and oxygen atoms in total. The molecule has 0 aliphatic heterocycles. The number of ether oxygens (including phenoxy) is 1. The van der Waals surface area contributed by atoms with Crippen LogP contribution in [-0.4, -0.2) is 36.2 Å². The van der Waals surface area contributed by atoms with Crippen LogP contribution in [0.5, 0.6) is 0 Å². The molecule has 0 aromatic rings. The normalized spacial score (nSPS) is 16.0. The molecule has 0 bridgehead atoms. The van der Waals surface area contributed by atoms with Crippen LogP contribution < -0.4 is 5.73 Å². The molecule has 0 aromatic heterocycles. The molecule has 0 saturated heterocycles. The summed E-state index contributed by atoms with van der Waals surface area (Å²) in [5.41, 5.74) is 5.41. The third kappa shape index (κ3) is 3.22. The van der Waals surface area contributed by atoms with Crippen LogP contribution in [0.15, 0.2) is 0 Å². The maximum absolute atomic E-state index is 11.5. The number of rotatable bonds is 4. The monoisotopic (exact) mass is 186 g/mol. The molecule has 0 spiro atoms. The minimum Gasteiger partial charge on any atom is -0.447 e. The Hall–Kier alpha value is -0.770. The van der Waals surface area contributed by atoms with Gasteiger partial charge in [0.25, 0.3) is 0 Å². The Morgan fingerprint density at radius 1 is 1.62 bits per heavy atom. The van der Waals surface area contributed by atoms with Crippen LogP contribution in [0.3, 0.4) is 0 Å². The van der Waals surface area contributed by atoms with E-state index in [1.807, 2.05) is 13.8 Å². The lowest BCUT2D eigenvalue weighted by Gasteiger charge is -2.22. The maximum Gasteiger partial charge on any atom is 0.410 e. The molecule has 1 fully saturated rings. The predicted octanol–water partition coefficient (Wildman–Crippen LogP) is 0.955. The first-order valence-corrected chi connectivity index (χ1v) is 4.82. The SMILES string of the molecule is CC(C)OC(=O)N(CCN)C1CC1. The number of hydrogen-bond donors (Lipinski definition) is 1. The van der Waals surface area contributed by atoms with Crippen molar-refractivity contribution in [3.8, 4) is 0 Å². The van der Waals surface area contributed by atoms with Gasteiger partial charge >= 0.3 is 6.09 Å². The molecule has 0 atom stereocenters. The first kappa shape index (κ1) is 10.3. The molecule has 0 heterocycles. The second-order valence-corrected chi connectivity index (χ2v) is 3.65. The standard InChI is InChI=1S/C9H18N2O2/c1-7(2)13-9(12)11(6-5-10)8-3-4-8/h7-8H,3-6,10H2,1-2H3. The average Bonchev–Trinajstić information content (AvgIpc) is 2.81. The van der Waals surface area contributed by atoms with E-state index >= 15 is 0 Å². The van der Waals surface area contributed by atoms with Crippen LogP contribution in [0.2, 0.25) is 0 Å². The molecule has 2 N–H and O–H groups in total. The van der Waals surface area contributed by atoms with E-state index in [9.17, 15) is 4.79 Å². The fourth-order valence-corrected chi connectivity index (χ4v) is 1.22. The quantitative estimate of drug-likeness (QED) is 0.711. The predicted molar refractivity (Wildman–Crippen MR) is 50.4 cm³/mol. The zero-order valence-corrected chi connectivity index (χ0v) is 8.32. The van der Waals surface area contributed by atoms with Crippen molar-refractivity contribution in [3.05, 3.63) is 0 Å². The van der Waals surface area contributed by atoms with Gasteiger partial charge in [0, 0.05) is 19.1 Å². The molecule has 4 heteroatoms. The van der Waals surface area contributed by atoms with Gasteiger partial charge in [0.1, 0.15) is 0 Å². The molecular formula is C9H18N2O2. The number of carbonyl (C=O) groups is 1. The zero-order valence-electron chi connectivity index (χ0n) is 8.32. The topological polar surface area (TPSA) is 55.6 Å². The first-order valence-electron chi connectivity index (χ1n) is 4.82. The van der Waals surface area contributed by atoms with Gasteiger partial charge in [-0.2, -0.15) is 0 Å². The lowest BCUT2D eigenvalue weighted by Crippen LogP contribution is -2.38. The van der Waals surface area contributed by atoms with E-state index in [1.165, 1.54) is 0 Å². The summed E-state index contributed by atoms with van der Waals surface area (Å²) < 4.78 is 5.10. The van der Waals surface area contributed by atoms with E-state index in [2.05, 4.69) is 0 Å². The van der Waals surface area contributed by atoms with E-state index < -0.39 is 0 Å². The molecule has 0 radical (unpaired) electrons. The fraction of sp³-hybridized carbons (Fsp3) is 0.889. The van der Waals surface area contributed by atoms with E-state index in [1.54, 1.807) is 4.90 Å². The molecule has 0 aromatic carbocycles. The van der Waals surface area contributed by atoms with Crippen LogP contribution in [0.4, 0.5) is 4.79 Å². The molecule has 76 valence electrons. The van der Waals surface area contributed by atoms with Gasteiger partial charge in [-0.3, -0.25) is 0 Å². The van der Waals surface area contributed by atoms with Crippen molar-refractivity contribution in [1.82, 2.24) is 4.90 Å². The van der Waals surface area contributed by atoms with Crippen molar-refractivity contribution < 1.29 is 9.53 Å². The third-order valence-electron chi connectivity index (χ3n) is 1.93. The van der Waals surface area contributed by atoms with Gasteiger partial charge in [0.2, 0.25) is 0 Å². The summed E-state index contributed by atoms with van der Waals surface area (Å²) in [5, 5.41) is 0. The van der Waals surface area contributed by atoms with E-state index in [0.29, 0.717) is 19.1 Å². The summed E-state index contributed by atoms with van der Waals surface area (Å²) in [6.07, 6.45) is 1.91. The highest BCUT2D eigenvalue weighted by atomic mass is 16.6. The van der Waals surface area contributed by atoms with Gasteiger partial charge in [-0.25, -0.2) is 4.79 Å². The molecule has 1 aliphatic carbocycles. The largest absolute Gasteiger partial charge is 0.447 e. The Morgan fingerprint density at radius 3 is 2.62 bits per heavy atom. The van der Waals surface area contributed by atoms with E-state index in [0.717, 1.165) is 12.8 Å². The second-order valence-electron chi connectivity index (χ2n) is 3.65. The Morgan fingerprint density at radius 2 is 2.23 bits per heavy atom. The minimum absolute atomic E-state index is 0.0495. The highest BCUT2D eigenvalue weighted by Crippen LogP contribution is 2.27. The molecule has 1 rings (SSSR count). The third-order valence-corrected chi connectivity index (χ3v) is 1.93. The van der Waals surface area contributed by atoms with Crippen LogP contribution >= 0.6 is 0 Å². The molecule has 1 aliphatic rings. The zero-order chi connectivity index (χ0) is 9.84. The molecule has 0 unspecified atom stereocenters. The van der Waals surface area contributed by atoms with Gasteiger partial charge in [-0.15, -0.1) is 0 Å². The van der Waals surface area contributed by atoms with Gasteiger partial charge in [-0.1, -0.05) is 0 Å². The lowest BCUT2D eigenvalue weighted by molar-refractivity contribution is 0.0754. The van der Waals surface area contributed by atoms with Gasteiger partial charge in [0.05, 0.1) is 6.10 Å². The molecule has 1 saturated carbocycles. The number of carbonyl (C=O) groups excluding carboxylic acids is 1. The average molecular weight is 186 g/mol. The smallest absolute Gasteiger partial charge is 0.410 e. The van der Waals surface area contributed by atoms with Crippen molar-refractivity contribution in [3.63, 3.8) is 0 Å². The van der Waals surface area contributed by atoms with Crippen molar-refractivity contribution in [1.29, 1.82) is 0 Å². The van der Waals surface area contributed by atoms with Gasteiger partial charge in [0.15, 0.2) is 0 Å². The summed E-state index contributed by atoms with van der Waals surface area (Å²) in [7, 11) is 0. The Kier molecular flexibility index (Phi) is 3.54. The first-order chi connectivity index (χ1) is 6.15. The number of amides is 1. The summed E-state index contributed by atoms with van der Waals surface area (Å²) in [6, 6.07) is 0.384. The highest BCUT2D eigenvalue weighted by Gasteiger charge is 2.33. The van der Waals surface area contributed by atoms with Crippen molar-refractivity contribution in [2.75, 3.05) is 13.1 Å². The number of nitrogens with two attached hydrogens (primary N) is 1. The molecular weight excluding hydrogens is 168 g/mol. The van der Waals surface area contributed by atoms with Gasteiger partial charge < -0.3 is 15.4 Å². The fourth-order valence-electron chi connectivity index (χ4n) is 1.22. The van der Waals surface area contributed by atoms with E-state index in [4.69, 9.17) is 10.5 Å². The van der Waals surface area contributed by atoms with Crippen molar-refractivity contribution >= 4 is 6.09 Å². The number of nitrogens with zero attached hydrogens (tertiary/aromatic N) is 1. The number of hydrogen-bond acceptors (Lipinski definition) is 3. The summed E-state index contributed by atoms with van der Waals surface area (Å²) in [4.78, 5) is 13.2. The molecule has 13 heavy (non-hydrogen) atoms. The summed E-state index contributed by atoms with van der Waals surface area (Å²) in [6.45, 7) is 4.82. The lowest BCUT2D eigenvalue weighted by atomic mass is 10.4. The van der Waals surface area contributed by atoms with Crippen molar-refractivity contribution in [2.24, 2.45) is 5.73 Å². The van der Waals surface area contributed by atoms with Gasteiger partial charge in [-0.05, 0) is 26.7 Å². The van der Waals surface area contributed by atoms with Crippen LogP contribution in [0.25, 0.3) is 0 Å². The van der Waals surface area contributed by atoms with Crippen LogP contribution in [0.1, 0.15) is 26.7 Å². The molecule has 1 amide bonds.